The van der Waals surface area contributed by atoms with Crippen LogP contribution in [0.5, 0.6) is 5.75 Å². The molecular weight excluding hydrogens is 516 g/mol. The summed E-state index contributed by atoms with van der Waals surface area (Å²) in [7, 11) is 0. The van der Waals surface area contributed by atoms with E-state index in [-0.39, 0.29) is 23.0 Å². The largest absolute Gasteiger partial charge is 0.461 e. The lowest BCUT2D eigenvalue weighted by Gasteiger charge is -2.18. The molecule has 1 aromatic heterocycles. The molecule has 7 nitrogen and oxygen atoms in total. The molecule has 0 aliphatic heterocycles. The van der Waals surface area contributed by atoms with E-state index in [0.29, 0.717) is 11.4 Å². The number of nitrogens with zero attached hydrogens (tertiary/aromatic N) is 3. The first-order valence-electron chi connectivity index (χ1n) is 10.2. The Morgan fingerprint density at radius 3 is 2.22 bits per heavy atom. The molecular formula is C22H18F8N6O. The van der Waals surface area contributed by atoms with Gasteiger partial charge < -0.3 is 15.4 Å². The maximum Gasteiger partial charge on any atom is 0.461 e. The van der Waals surface area contributed by atoms with Crippen molar-refractivity contribution in [3.63, 3.8) is 0 Å². The number of aromatic nitrogens is 2. The van der Waals surface area contributed by atoms with Crippen molar-refractivity contribution in [1.82, 2.24) is 9.97 Å². The van der Waals surface area contributed by atoms with Crippen molar-refractivity contribution in [1.29, 1.82) is 0 Å². The van der Waals surface area contributed by atoms with E-state index in [1.165, 1.54) is 47.9 Å². The summed E-state index contributed by atoms with van der Waals surface area (Å²) in [4.78, 5) is 8.28. The second kappa shape index (κ2) is 11.3. The Balaban J connectivity index is 1.64. The number of halogens is 8. The average Bonchev–Trinajstić information content (AvgIpc) is 2.80. The van der Waals surface area contributed by atoms with Crippen molar-refractivity contribution < 1.29 is 39.9 Å². The molecule has 3 rings (SSSR count). The molecule has 0 saturated carbocycles. The van der Waals surface area contributed by atoms with Crippen LogP contribution < -0.4 is 20.8 Å². The van der Waals surface area contributed by atoms with Gasteiger partial charge in [-0.3, -0.25) is 0 Å². The Bertz CT molecular complexity index is 1220. The number of rotatable bonds is 11. The Kier molecular flexibility index (Phi) is 8.35. The molecule has 0 radical (unpaired) electrons. The van der Waals surface area contributed by atoms with Gasteiger partial charge in [-0.1, -0.05) is 12.1 Å². The predicted molar refractivity (Wildman–Crippen MR) is 120 cm³/mol. The summed E-state index contributed by atoms with van der Waals surface area (Å²) in [5.41, 5.74) is 3.44. The van der Waals surface area contributed by atoms with Crippen LogP contribution in [0.15, 0.2) is 59.7 Å². The topological polar surface area (TPSA) is 83.5 Å². The van der Waals surface area contributed by atoms with E-state index in [9.17, 15) is 35.1 Å². The molecule has 0 aliphatic rings. The van der Waals surface area contributed by atoms with Crippen LogP contribution in [-0.4, -0.2) is 41.2 Å². The number of hydrogen-bond acceptors (Lipinski definition) is 7. The van der Waals surface area contributed by atoms with Crippen LogP contribution in [0, 0.1) is 6.92 Å². The predicted octanol–water partition coefficient (Wildman–Crippen LogP) is 6.48. The third kappa shape index (κ3) is 7.91. The number of aryl methyl sites for hydroxylation is 1. The number of hydrazone groups is 1. The summed E-state index contributed by atoms with van der Waals surface area (Å²) >= 11 is 0. The highest BCUT2D eigenvalue weighted by Gasteiger charge is 2.44. The SMILES string of the molecule is Cc1cc(Nc2ccc(NC(F)(F)C(F)F)cc2)nc(N/N=C/c2cccc(OC(F)(F)C(F)F)c2)n1. The molecule has 198 valence electrons. The molecule has 37 heavy (non-hydrogen) atoms. The van der Waals surface area contributed by atoms with Crippen molar-refractivity contribution in [3.8, 4) is 5.75 Å². The molecule has 0 atom stereocenters. The van der Waals surface area contributed by atoms with E-state index in [1.54, 1.807) is 13.0 Å². The lowest BCUT2D eigenvalue weighted by atomic mass is 10.2. The standard InChI is InChI=1S/C22H18F8N6O/c1-12-9-17(33-14-5-7-15(8-6-14)35-21(27,28)18(23)24)34-20(32-12)36-31-11-13-3-2-4-16(10-13)37-22(29,30)19(25)26/h2-11,18-19,35H,1H3,(H2,32,33,34,36)/b31-11+. The van der Waals surface area contributed by atoms with Gasteiger partial charge in [0, 0.05) is 23.1 Å². The van der Waals surface area contributed by atoms with Gasteiger partial charge in [0.15, 0.2) is 0 Å². The second-order valence-electron chi connectivity index (χ2n) is 7.38. The number of benzene rings is 2. The van der Waals surface area contributed by atoms with Gasteiger partial charge in [0.1, 0.15) is 11.6 Å². The average molecular weight is 534 g/mol. The Morgan fingerprint density at radius 2 is 1.57 bits per heavy atom. The van der Waals surface area contributed by atoms with E-state index in [4.69, 9.17) is 0 Å². The van der Waals surface area contributed by atoms with Crippen LogP contribution in [0.4, 0.5) is 58.3 Å². The van der Waals surface area contributed by atoms with Gasteiger partial charge in [-0.2, -0.15) is 36.4 Å². The highest BCUT2D eigenvalue weighted by molar-refractivity contribution is 5.80. The zero-order valence-electron chi connectivity index (χ0n) is 18.7. The van der Waals surface area contributed by atoms with E-state index >= 15 is 0 Å². The second-order valence-corrected chi connectivity index (χ2v) is 7.38. The van der Waals surface area contributed by atoms with E-state index < -0.39 is 30.8 Å². The molecule has 3 aromatic rings. The minimum atomic E-state index is -4.65. The fraction of sp³-hybridized carbons (Fsp3) is 0.227. The summed E-state index contributed by atoms with van der Waals surface area (Å²) in [6, 6.07) is 7.14. The number of ether oxygens (including phenoxy) is 1. The first-order chi connectivity index (χ1) is 17.3. The lowest BCUT2D eigenvalue weighted by Crippen LogP contribution is -2.35. The molecule has 0 bridgehead atoms. The molecule has 2 aromatic carbocycles. The molecule has 0 amide bonds. The fourth-order valence-corrected chi connectivity index (χ4v) is 2.74. The number of alkyl halides is 8. The smallest absolute Gasteiger partial charge is 0.428 e. The molecule has 1 heterocycles. The van der Waals surface area contributed by atoms with Crippen molar-refractivity contribution >= 4 is 29.4 Å². The van der Waals surface area contributed by atoms with Crippen LogP contribution in [-0.2, 0) is 0 Å². The van der Waals surface area contributed by atoms with Crippen LogP contribution >= 0.6 is 0 Å². The normalized spacial score (nSPS) is 12.3. The lowest BCUT2D eigenvalue weighted by molar-refractivity contribution is -0.253. The quantitative estimate of drug-likeness (QED) is 0.113. The zero-order valence-corrected chi connectivity index (χ0v) is 18.7. The van der Waals surface area contributed by atoms with Crippen molar-refractivity contribution in [3.05, 3.63) is 65.9 Å². The molecule has 15 heteroatoms. The summed E-state index contributed by atoms with van der Waals surface area (Å²) in [5, 5.41) is 8.21. The Hall–Kier alpha value is -4.17. The van der Waals surface area contributed by atoms with Crippen LogP contribution in [0.25, 0.3) is 0 Å². The summed E-state index contributed by atoms with van der Waals surface area (Å²) in [5.74, 6) is -0.203. The minimum Gasteiger partial charge on any atom is -0.428 e. The van der Waals surface area contributed by atoms with E-state index in [0.717, 1.165) is 12.1 Å². The summed E-state index contributed by atoms with van der Waals surface area (Å²) in [6.07, 6.45) is -11.3. The third-order valence-electron chi connectivity index (χ3n) is 4.34. The number of anilines is 4. The van der Waals surface area contributed by atoms with Gasteiger partial charge >= 0.3 is 25.0 Å². The monoisotopic (exact) mass is 534 g/mol. The highest BCUT2D eigenvalue weighted by Crippen LogP contribution is 2.28. The van der Waals surface area contributed by atoms with Gasteiger partial charge in [-0.15, -0.1) is 0 Å². The van der Waals surface area contributed by atoms with E-state index in [1.807, 2.05) is 0 Å². The van der Waals surface area contributed by atoms with Crippen LogP contribution in [0.3, 0.4) is 0 Å². The summed E-state index contributed by atoms with van der Waals surface area (Å²) < 4.78 is 106. The molecule has 0 aliphatic carbocycles. The van der Waals surface area contributed by atoms with Crippen LogP contribution in [0.2, 0.25) is 0 Å². The van der Waals surface area contributed by atoms with Gasteiger partial charge in [0.2, 0.25) is 5.95 Å². The molecule has 0 fully saturated rings. The van der Waals surface area contributed by atoms with Crippen molar-refractivity contribution in [2.24, 2.45) is 5.10 Å². The van der Waals surface area contributed by atoms with Gasteiger partial charge in [0.05, 0.1) is 6.21 Å². The highest BCUT2D eigenvalue weighted by atomic mass is 19.3. The number of nitrogens with one attached hydrogen (secondary N) is 3. The summed E-state index contributed by atoms with van der Waals surface area (Å²) in [6.45, 7) is 1.64. The minimum absolute atomic E-state index is 0.0188. The zero-order chi connectivity index (χ0) is 27.2. The molecule has 3 N–H and O–H groups in total. The van der Waals surface area contributed by atoms with Crippen molar-refractivity contribution in [2.45, 2.75) is 31.9 Å². The van der Waals surface area contributed by atoms with Gasteiger partial charge in [-0.05, 0) is 48.9 Å². The Morgan fingerprint density at radius 1 is 0.892 bits per heavy atom. The van der Waals surface area contributed by atoms with Crippen LogP contribution in [0.1, 0.15) is 11.3 Å². The first-order valence-corrected chi connectivity index (χ1v) is 10.2. The fourth-order valence-electron chi connectivity index (χ4n) is 2.74. The number of hydrogen-bond donors (Lipinski definition) is 3. The molecule has 0 spiro atoms. The first kappa shape index (κ1) is 27.4. The molecule has 0 unspecified atom stereocenters. The van der Waals surface area contributed by atoms with Gasteiger partial charge in [0.25, 0.3) is 0 Å². The molecule has 0 saturated heterocycles. The maximum atomic E-state index is 13.1. The maximum absolute atomic E-state index is 13.1. The third-order valence-corrected chi connectivity index (χ3v) is 4.34. The van der Waals surface area contributed by atoms with Crippen molar-refractivity contribution in [2.75, 3.05) is 16.1 Å². The van der Waals surface area contributed by atoms with E-state index in [2.05, 4.69) is 30.5 Å². The van der Waals surface area contributed by atoms with Gasteiger partial charge in [-0.25, -0.2) is 19.2 Å². The Labute approximate surface area is 204 Å².